The first-order valence-electron chi connectivity index (χ1n) is 11.3. The fourth-order valence-corrected chi connectivity index (χ4v) is 4.89. The molecule has 2 aromatic carbocycles. The second-order valence-electron chi connectivity index (χ2n) is 8.95. The molecule has 3 N–H and O–H groups in total. The van der Waals surface area contributed by atoms with Crippen LogP contribution in [0.1, 0.15) is 76.0 Å². The Kier molecular flexibility index (Phi) is 13.2. The molecule has 0 aliphatic carbocycles. The summed E-state index contributed by atoms with van der Waals surface area (Å²) in [5.74, 6) is 0.193. The summed E-state index contributed by atoms with van der Waals surface area (Å²) in [7, 11) is 0. The quantitative estimate of drug-likeness (QED) is 0.157. The molecule has 0 radical (unpaired) electrons. The topological polar surface area (TPSA) is 104 Å². The van der Waals surface area contributed by atoms with Crippen LogP contribution in [0.5, 0.6) is 11.5 Å². The van der Waals surface area contributed by atoms with Crippen molar-refractivity contribution in [1.29, 1.82) is 0 Å². The number of aliphatic carboxylic acids is 1. The molecule has 0 aliphatic heterocycles. The largest absolute Gasteiger partial charge is 1.00 e. The first kappa shape index (κ1) is 31.8. The molecule has 1 atom stereocenters. The number of carboxylic acid groups (broad SMARTS) is 1. The SMILES string of the molecule is CCCc1c(OCCCSc2ccc(C(O)C(C)(C)CC(=O)O)cc2Cl)ccc(C(C)=O)c1O.[H-].[Na+]. The van der Waals surface area contributed by atoms with Crippen LogP contribution in [0.2, 0.25) is 5.02 Å². The maximum atomic E-state index is 11.7. The third kappa shape index (κ3) is 8.99. The first-order chi connectivity index (χ1) is 16.0. The molecule has 0 spiro atoms. The van der Waals surface area contributed by atoms with E-state index in [1.165, 1.54) is 6.92 Å². The molecule has 6 nitrogen and oxygen atoms in total. The number of thioether (sulfide) groups is 1. The standard InChI is InChI=1S/C26H33ClO6S.Na.H/c1-5-7-19-21(10-9-18(16(2)28)24(19)31)33-12-6-13-34-22-11-8-17(14-20(22)27)25(32)26(3,4)15-23(29)30;;/h8-11,14,25,31-32H,5-7,12-13,15H2,1-4H3,(H,29,30);;/q;+1;-1. The van der Waals surface area contributed by atoms with Gasteiger partial charge in [0, 0.05) is 21.6 Å². The smallest absolute Gasteiger partial charge is 1.00 e. The molecule has 1 unspecified atom stereocenters. The first-order valence-corrected chi connectivity index (χ1v) is 12.6. The Morgan fingerprint density at radius 3 is 2.49 bits per heavy atom. The summed E-state index contributed by atoms with van der Waals surface area (Å²) in [5, 5.41) is 30.6. The van der Waals surface area contributed by atoms with Crippen LogP contribution in [0.3, 0.4) is 0 Å². The number of rotatable bonds is 13. The van der Waals surface area contributed by atoms with Crippen molar-refractivity contribution in [3.63, 3.8) is 0 Å². The van der Waals surface area contributed by atoms with Gasteiger partial charge < -0.3 is 21.5 Å². The second kappa shape index (κ2) is 14.5. The number of aliphatic hydroxyl groups excluding tert-OH is 1. The minimum Gasteiger partial charge on any atom is -1.00 e. The number of carboxylic acids is 1. The number of ether oxygens (including phenoxy) is 1. The molecule has 9 heteroatoms. The number of ketones is 1. The summed E-state index contributed by atoms with van der Waals surface area (Å²) in [6.45, 7) is 7.29. The van der Waals surface area contributed by atoms with Gasteiger partial charge in [0.1, 0.15) is 11.5 Å². The van der Waals surface area contributed by atoms with Crippen LogP contribution < -0.4 is 34.3 Å². The van der Waals surface area contributed by atoms with Crippen LogP contribution in [-0.2, 0) is 11.2 Å². The Bertz CT molecular complexity index is 1030. The van der Waals surface area contributed by atoms with Gasteiger partial charge in [-0.15, -0.1) is 11.8 Å². The third-order valence-electron chi connectivity index (χ3n) is 5.54. The maximum Gasteiger partial charge on any atom is 1.00 e. The summed E-state index contributed by atoms with van der Waals surface area (Å²) in [6, 6.07) is 8.62. The number of benzene rings is 2. The summed E-state index contributed by atoms with van der Waals surface area (Å²) >= 11 is 7.98. The van der Waals surface area contributed by atoms with Crippen LogP contribution in [0.15, 0.2) is 35.2 Å². The van der Waals surface area contributed by atoms with Gasteiger partial charge in [0.05, 0.1) is 29.7 Å². The summed E-state index contributed by atoms with van der Waals surface area (Å²) < 4.78 is 5.89. The zero-order valence-corrected chi connectivity index (χ0v) is 24.6. The monoisotopic (exact) mass is 532 g/mol. The minimum absolute atomic E-state index is 0. The van der Waals surface area contributed by atoms with Gasteiger partial charge in [0.2, 0.25) is 0 Å². The number of halogens is 1. The van der Waals surface area contributed by atoms with E-state index in [2.05, 4.69) is 0 Å². The van der Waals surface area contributed by atoms with E-state index in [0.717, 1.165) is 23.5 Å². The Morgan fingerprint density at radius 1 is 1.23 bits per heavy atom. The predicted molar refractivity (Wildman–Crippen MR) is 136 cm³/mol. The fourth-order valence-electron chi connectivity index (χ4n) is 3.69. The average molecular weight is 533 g/mol. The summed E-state index contributed by atoms with van der Waals surface area (Å²) in [6.07, 6.45) is 1.07. The molecule has 2 rings (SSSR count). The van der Waals surface area contributed by atoms with Crippen molar-refractivity contribution >= 4 is 35.1 Å². The molecular weight excluding hydrogens is 499 g/mol. The minimum atomic E-state index is -0.962. The normalized spacial score (nSPS) is 12.1. The Hall–Kier alpha value is -1.22. The van der Waals surface area contributed by atoms with Gasteiger partial charge in [-0.05, 0) is 49.6 Å². The summed E-state index contributed by atoms with van der Waals surface area (Å²) in [5.41, 5.74) is 0.724. The number of phenolic OH excluding ortho intramolecular Hbond substituents is 1. The van der Waals surface area contributed by atoms with E-state index in [-0.39, 0.29) is 48.9 Å². The predicted octanol–water partition coefficient (Wildman–Crippen LogP) is 3.41. The Morgan fingerprint density at radius 2 is 1.91 bits per heavy atom. The number of carbonyl (C=O) groups excluding carboxylic acids is 1. The van der Waals surface area contributed by atoms with Crippen LogP contribution >= 0.6 is 23.4 Å². The van der Waals surface area contributed by atoms with Gasteiger partial charge >= 0.3 is 35.5 Å². The summed E-state index contributed by atoms with van der Waals surface area (Å²) in [4.78, 5) is 23.6. The van der Waals surface area contributed by atoms with E-state index in [1.807, 2.05) is 13.0 Å². The van der Waals surface area contributed by atoms with Crippen molar-refractivity contribution in [1.82, 2.24) is 0 Å². The molecule has 35 heavy (non-hydrogen) atoms. The van der Waals surface area contributed by atoms with Crippen molar-refractivity contribution in [2.75, 3.05) is 12.4 Å². The molecule has 0 fully saturated rings. The van der Waals surface area contributed by atoms with Crippen LogP contribution in [0.25, 0.3) is 0 Å². The van der Waals surface area contributed by atoms with Gasteiger partial charge in [-0.25, -0.2) is 0 Å². The van der Waals surface area contributed by atoms with Gasteiger partial charge in [-0.1, -0.05) is 44.9 Å². The van der Waals surface area contributed by atoms with E-state index in [1.54, 1.807) is 49.9 Å². The van der Waals surface area contributed by atoms with E-state index in [0.29, 0.717) is 40.5 Å². The zero-order chi connectivity index (χ0) is 25.5. The van der Waals surface area contributed by atoms with Crippen molar-refractivity contribution in [2.24, 2.45) is 5.41 Å². The fraction of sp³-hybridized carbons (Fsp3) is 0.462. The molecule has 0 bridgehead atoms. The van der Waals surface area contributed by atoms with Gasteiger partial charge in [-0.2, -0.15) is 0 Å². The molecule has 0 saturated heterocycles. The number of phenols is 1. The molecule has 0 amide bonds. The van der Waals surface area contributed by atoms with E-state index in [4.69, 9.17) is 21.4 Å². The van der Waals surface area contributed by atoms with Crippen LogP contribution in [0, 0.1) is 5.41 Å². The number of hydrogen-bond acceptors (Lipinski definition) is 6. The Balaban J connectivity index is 0.00000612. The van der Waals surface area contributed by atoms with Crippen molar-refractivity contribution in [3.8, 4) is 11.5 Å². The number of carbonyl (C=O) groups is 2. The van der Waals surface area contributed by atoms with Crippen LogP contribution in [-0.4, -0.2) is 39.4 Å². The molecule has 188 valence electrons. The average Bonchev–Trinajstić information content (AvgIpc) is 2.75. The number of hydrogen-bond donors (Lipinski definition) is 3. The Labute approximate surface area is 240 Å². The molecule has 0 aliphatic rings. The van der Waals surface area contributed by atoms with E-state index < -0.39 is 17.5 Å². The van der Waals surface area contributed by atoms with E-state index in [9.17, 15) is 19.8 Å². The molecule has 0 aromatic heterocycles. The number of Topliss-reactive ketones (excluding diaryl/α,β-unsaturated/α-hetero) is 1. The third-order valence-corrected chi connectivity index (χ3v) is 7.13. The van der Waals surface area contributed by atoms with Crippen molar-refractivity contribution < 1.29 is 60.6 Å². The van der Waals surface area contributed by atoms with Gasteiger partial charge in [0.25, 0.3) is 0 Å². The van der Waals surface area contributed by atoms with Crippen molar-refractivity contribution in [2.45, 2.75) is 64.4 Å². The number of aliphatic hydroxyl groups is 1. The molecular formula is C26H34ClNaO6S. The second-order valence-corrected chi connectivity index (χ2v) is 10.5. The molecule has 0 heterocycles. The van der Waals surface area contributed by atoms with Crippen molar-refractivity contribution in [3.05, 3.63) is 52.0 Å². The van der Waals surface area contributed by atoms with E-state index >= 15 is 0 Å². The zero-order valence-electron chi connectivity index (χ0n) is 22.1. The molecule has 0 saturated carbocycles. The van der Waals surface area contributed by atoms with Crippen LogP contribution in [0.4, 0.5) is 0 Å². The van der Waals surface area contributed by atoms with Gasteiger partial charge in [-0.3, -0.25) is 9.59 Å². The number of aromatic hydroxyl groups is 1. The molecule has 2 aromatic rings. The maximum absolute atomic E-state index is 11.7. The van der Waals surface area contributed by atoms with Gasteiger partial charge in [0.15, 0.2) is 5.78 Å².